The van der Waals surface area contributed by atoms with Crippen LogP contribution in [-0.4, -0.2) is 80.1 Å². The summed E-state index contributed by atoms with van der Waals surface area (Å²) in [7, 11) is 0. The Kier molecular flexibility index (Phi) is 8.77. The van der Waals surface area contributed by atoms with Gasteiger partial charge in [-0.3, -0.25) is 24.1 Å². The zero-order valence-electron chi connectivity index (χ0n) is 24.4. The van der Waals surface area contributed by atoms with Gasteiger partial charge in [0.15, 0.2) is 23.2 Å². The number of primary amides is 1. The van der Waals surface area contributed by atoms with Crippen LogP contribution in [0.1, 0.15) is 43.4 Å². The minimum atomic E-state index is -1.36. The van der Waals surface area contributed by atoms with E-state index in [0.29, 0.717) is 29.7 Å². The molecule has 0 bridgehead atoms. The monoisotopic (exact) mass is 667 g/mol. The number of amides is 4. The summed E-state index contributed by atoms with van der Waals surface area (Å²) < 4.78 is 1.54. The van der Waals surface area contributed by atoms with Gasteiger partial charge in [-0.1, -0.05) is 5.16 Å². The Balaban J connectivity index is 1.31. The van der Waals surface area contributed by atoms with Crippen LogP contribution in [0, 0.1) is 0 Å². The molecule has 3 aliphatic heterocycles. The minimum absolute atomic E-state index is 0.119. The number of oxime groups is 1. The van der Waals surface area contributed by atoms with Gasteiger partial charge in [-0.05, 0) is 38.2 Å². The molecule has 2 atom stereocenters. The number of hydrogen-bond donors (Lipinski definition) is 5. The third-order valence-corrected chi connectivity index (χ3v) is 10.0. The first-order valence-corrected chi connectivity index (χ1v) is 16.5. The van der Waals surface area contributed by atoms with E-state index in [1.54, 1.807) is 29.9 Å². The van der Waals surface area contributed by atoms with Gasteiger partial charge in [0.05, 0.1) is 0 Å². The number of carboxylic acids is 1. The number of rotatable bonds is 10. The number of aliphatic carboxylic acids is 1. The molecule has 0 aromatic carbocycles. The first-order valence-electron chi connectivity index (χ1n) is 14.6. The van der Waals surface area contributed by atoms with Crippen LogP contribution in [0.25, 0.3) is 5.57 Å². The molecule has 3 fully saturated rings. The van der Waals surface area contributed by atoms with Crippen molar-refractivity contribution in [2.75, 3.05) is 18.0 Å². The maximum atomic E-state index is 13.6. The molecule has 240 valence electrons. The zero-order valence-corrected chi connectivity index (χ0v) is 26.1. The topological polar surface area (TPSA) is 223 Å². The van der Waals surface area contributed by atoms with Crippen molar-refractivity contribution < 1.29 is 38.5 Å². The highest BCUT2D eigenvalue weighted by Gasteiger charge is 2.55. The summed E-state index contributed by atoms with van der Waals surface area (Å²) in [4.78, 5) is 75.3. The Morgan fingerprint density at radius 1 is 1.26 bits per heavy atom. The maximum absolute atomic E-state index is 13.6. The Labute approximate surface area is 270 Å². The quantitative estimate of drug-likeness (QED) is 0.0742. The molecule has 1 saturated carbocycles. The van der Waals surface area contributed by atoms with Crippen LogP contribution in [0.4, 0.5) is 5.13 Å². The Bertz CT molecular complexity index is 1730. The number of hydrogen-bond acceptors (Lipinski definition) is 11. The lowest BCUT2D eigenvalue weighted by molar-refractivity contribution is -0.684. The molecular formula is C29H31N8O7S2+. The molecule has 4 amide bonds. The average molecular weight is 668 g/mol. The molecule has 0 spiro atoms. The molecule has 0 unspecified atom stereocenters. The molecule has 5 heterocycles. The molecular weight excluding hydrogens is 637 g/mol. The molecule has 1 aliphatic carbocycles. The van der Waals surface area contributed by atoms with E-state index in [2.05, 4.69) is 20.8 Å². The summed E-state index contributed by atoms with van der Waals surface area (Å²) in [5.41, 5.74) is 12.5. The number of fused-ring (bicyclic) bond motifs is 1. The third-order valence-electron chi connectivity index (χ3n) is 8.06. The number of aromatic nitrogens is 2. The number of carboxylic acid groups (broad SMARTS) is 1. The van der Waals surface area contributed by atoms with Crippen molar-refractivity contribution in [3.63, 3.8) is 0 Å². The van der Waals surface area contributed by atoms with Gasteiger partial charge in [-0.2, -0.15) is 4.57 Å². The van der Waals surface area contributed by atoms with Gasteiger partial charge in [0.2, 0.25) is 12.5 Å². The summed E-state index contributed by atoms with van der Waals surface area (Å²) >= 11 is 2.38. The number of β-lactam (4-membered cyclic amide) rings is 1. The summed E-state index contributed by atoms with van der Waals surface area (Å²) in [5, 5.41) is 21.0. The lowest BCUT2D eigenvalue weighted by Gasteiger charge is -2.49. The van der Waals surface area contributed by atoms with E-state index < -0.39 is 35.1 Å². The SMILES string of the molecule is NC(=O)C[n+]1cccc(C(=C2CCNC2=O)C2=C(C(=O)O)N3C(=O)[C@@H](NC(=O)C(=NOC4CCCC4)c4csc(N)n4)[C@H]3SC2)c1. The van der Waals surface area contributed by atoms with Crippen molar-refractivity contribution in [1.82, 2.24) is 20.5 Å². The van der Waals surface area contributed by atoms with E-state index in [0.717, 1.165) is 41.9 Å². The molecule has 0 radical (unpaired) electrons. The van der Waals surface area contributed by atoms with Crippen LogP contribution in [-0.2, 0) is 35.4 Å². The second-order valence-corrected chi connectivity index (χ2v) is 13.1. The van der Waals surface area contributed by atoms with Crippen LogP contribution in [0.5, 0.6) is 0 Å². The summed E-state index contributed by atoms with van der Waals surface area (Å²) in [6.07, 6.45) is 7.07. The van der Waals surface area contributed by atoms with Gasteiger partial charge < -0.3 is 32.0 Å². The standard InChI is InChI=1S/C29H30N8O7S2/c30-19(38)11-36-9-3-4-14(10-36)20(16-7-8-32-24(16)39)17-12-45-27-22(26(41)37(27)23(17)28(42)43)34-25(40)21(18-13-46-29(31)33-18)35-44-15-5-1-2-6-15/h3-4,9-10,13,15,22,27H,1-2,5-8,11-12H2,(H6-,30,31,32,33,34,38,39,40,42,43)/p+1/t22-,27-/m1/s1. The molecule has 7 N–H and O–H groups in total. The van der Waals surface area contributed by atoms with Crippen LogP contribution in [0.2, 0.25) is 0 Å². The number of thiazole rings is 1. The van der Waals surface area contributed by atoms with E-state index in [1.807, 2.05) is 0 Å². The number of thioether (sulfide) groups is 1. The molecule has 2 aromatic rings. The molecule has 46 heavy (non-hydrogen) atoms. The van der Waals surface area contributed by atoms with E-state index in [9.17, 15) is 29.1 Å². The van der Waals surface area contributed by atoms with Gasteiger partial charge in [-0.15, -0.1) is 23.1 Å². The van der Waals surface area contributed by atoms with Crippen molar-refractivity contribution >= 4 is 69.1 Å². The Hall–Kier alpha value is -4.77. The molecule has 2 aromatic heterocycles. The molecule has 6 rings (SSSR count). The fraction of sp³-hybridized carbons (Fsp3) is 0.379. The predicted octanol–water partition coefficient (Wildman–Crippen LogP) is -0.126. The number of nitrogens with zero attached hydrogens (tertiary/aromatic N) is 4. The predicted molar refractivity (Wildman–Crippen MR) is 166 cm³/mol. The van der Waals surface area contributed by atoms with Gasteiger partial charge >= 0.3 is 5.97 Å². The van der Waals surface area contributed by atoms with Gasteiger partial charge in [0, 0.05) is 46.0 Å². The number of nitrogens with two attached hydrogens (primary N) is 2. The van der Waals surface area contributed by atoms with Crippen molar-refractivity contribution in [3.8, 4) is 0 Å². The van der Waals surface area contributed by atoms with E-state index >= 15 is 0 Å². The lowest BCUT2D eigenvalue weighted by atomic mass is 9.90. The fourth-order valence-corrected chi connectivity index (χ4v) is 7.88. The Morgan fingerprint density at radius 2 is 2.04 bits per heavy atom. The number of nitrogens with one attached hydrogen (secondary N) is 2. The minimum Gasteiger partial charge on any atom is -0.477 e. The smallest absolute Gasteiger partial charge is 0.352 e. The van der Waals surface area contributed by atoms with Crippen molar-refractivity contribution in [2.24, 2.45) is 10.9 Å². The zero-order chi connectivity index (χ0) is 32.5. The van der Waals surface area contributed by atoms with Gasteiger partial charge in [0.25, 0.3) is 17.7 Å². The van der Waals surface area contributed by atoms with Crippen LogP contribution >= 0.6 is 23.1 Å². The van der Waals surface area contributed by atoms with E-state index in [-0.39, 0.29) is 52.1 Å². The van der Waals surface area contributed by atoms with Crippen LogP contribution < -0.4 is 26.7 Å². The van der Waals surface area contributed by atoms with E-state index in [4.69, 9.17) is 16.3 Å². The number of nitrogen functional groups attached to an aromatic ring is 1. The number of carbonyl (C=O) groups excluding carboxylic acids is 4. The summed E-state index contributed by atoms with van der Waals surface area (Å²) in [6, 6.07) is 2.31. The van der Waals surface area contributed by atoms with Gasteiger partial charge in [-0.25, -0.2) is 9.78 Å². The first-order chi connectivity index (χ1) is 22.1. The number of carbonyl (C=O) groups is 5. The normalized spacial score (nSPS) is 22.7. The lowest BCUT2D eigenvalue weighted by Crippen LogP contribution is -2.71. The molecule has 17 heteroatoms. The number of anilines is 1. The number of pyridine rings is 1. The summed E-state index contributed by atoms with van der Waals surface area (Å²) in [6.45, 7) is 0.244. The fourth-order valence-electron chi connectivity index (χ4n) is 5.98. The highest BCUT2D eigenvalue weighted by Crippen LogP contribution is 2.45. The van der Waals surface area contributed by atoms with Crippen LogP contribution in [0.3, 0.4) is 0 Å². The summed E-state index contributed by atoms with van der Waals surface area (Å²) in [5.74, 6) is -3.51. The molecule has 2 saturated heterocycles. The molecule has 4 aliphatic rings. The highest BCUT2D eigenvalue weighted by atomic mass is 32.2. The highest BCUT2D eigenvalue weighted by molar-refractivity contribution is 8.00. The van der Waals surface area contributed by atoms with Crippen molar-refractivity contribution in [1.29, 1.82) is 0 Å². The van der Waals surface area contributed by atoms with Crippen LogP contribution in [0.15, 0.2) is 51.9 Å². The Morgan fingerprint density at radius 3 is 2.70 bits per heavy atom. The average Bonchev–Trinajstić information content (AvgIpc) is 3.79. The second-order valence-electron chi connectivity index (χ2n) is 11.1. The van der Waals surface area contributed by atoms with Gasteiger partial charge in [0.1, 0.15) is 28.9 Å². The third kappa shape index (κ3) is 6.06. The van der Waals surface area contributed by atoms with Crippen molar-refractivity contribution in [2.45, 2.75) is 56.2 Å². The number of allylic oxidation sites excluding steroid dienone is 1. The first kappa shape index (κ1) is 31.2. The van der Waals surface area contributed by atoms with Crippen molar-refractivity contribution in [3.05, 3.63) is 58.0 Å². The molecule has 15 nitrogen and oxygen atoms in total. The second kappa shape index (κ2) is 12.9. The maximum Gasteiger partial charge on any atom is 0.352 e. The van der Waals surface area contributed by atoms with E-state index in [1.165, 1.54) is 16.3 Å². The largest absolute Gasteiger partial charge is 0.477 e.